The van der Waals surface area contributed by atoms with Crippen LogP contribution in [0.2, 0.25) is 10.0 Å². The number of carbonyl (C=O) groups is 2. The van der Waals surface area contributed by atoms with Crippen LogP contribution < -0.4 is 0 Å². The second kappa shape index (κ2) is 5.69. The number of rotatable bonds is 3. The fourth-order valence-electron chi connectivity index (χ4n) is 1.69. The van der Waals surface area contributed by atoms with Crippen LogP contribution in [0.15, 0.2) is 18.2 Å². The van der Waals surface area contributed by atoms with E-state index in [1.807, 2.05) is 0 Å². The van der Waals surface area contributed by atoms with E-state index in [-0.39, 0.29) is 24.8 Å². The fourth-order valence-corrected chi connectivity index (χ4v) is 2.21. The maximum atomic E-state index is 12.0. The number of Topliss-reactive ketones (excluding diaryl/α,β-unsaturated/α-hetero) is 1. The molecule has 1 heterocycles. The molecule has 1 aromatic carbocycles. The van der Waals surface area contributed by atoms with Crippen LogP contribution in [0.5, 0.6) is 0 Å². The monoisotopic (exact) mass is 287 g/mol. The molecule has 0 bridgehead atoms. The molecule has 0 N–H and O–H groups in total. The molecule has 1 aliphatic rings. The maximum Gasteiger partial charge on any atom is 0.249 e. The lowest BCUT2D eigenvalue weighted by atomic mass is 10.1. The molecule has 0 saturated carbocycles. The average molecular weight is 288 g/mol. The molecule has 1 aliphatic heterocycles. The van der Waals surface area contributed by atoms with Gasteiger partial charge in [0.25, 0.3) is 0 Å². The van der Waals surface area contributed by atoms with Crippen molar-refractivity contribution in [2.75, 3.05) is 26.3 Å². The highest BCUT2D eigenvalue weighted by atomic mass is 35.5. The number of morpholine rings is 1. The first-order valence-electron chi connectivity index (χ1n) is 5.41. The molecule has 0 aliphatic carbocycles. The van der Waals surface area contributed by atoms with Gasteiger partial charge in [0.05, 0.1) is 18.2 Å². The second-order valence-electron chi connectivity index (χ2n) is 3.92. The number of hydrogen-bond acceptors (Lipinski definition) is 3. The van der Waals surface area contributed by atoms with Crippen molar-refractivity contribution in [2.45, 2.75) is 0 Å². The Balaban J connectivity index is 2.09. The van der Waals surface area contributed by atoms with Crippen LogP contribution in [-0.4, -0.2) is 42.9 Å². The predicted octanol–water partition coefficient (Wildman–Crippen LogP) is 2.03. The third-order valence-electron chi connectivity index (χ3n) is 2.65. The number of nitrogens with zero attached hydrogens (tertiary/aromatic N) is 1. The molecule has 0 atom stereocenters. The van der Waals surface area contributed by atoms with Crippen molar-refractivity contribution in [1.29, 1.82) is 0 Å². The summed E-state index contributed by atoms with van der Waals surface area (Å²) in [6.07, 6.45) is 0. The summed E-state index contributed by atoms with van der Waals surface area (Å²) >= 11 is 11.7. The Kier molecular flexibility index (Phi) is 4.22. The van der Waals surface area contributed by atoms with Gasteiger partial charge in [-0.1, -0.05) is 23.2 Å². The first-order chi connectivity index (χ1) is 8.58. The van der Waals surface area contributed by atoms with Crippen LogP contribution in [0, 0.1) is 0 Å². The summed E-state index contributed by atoms with van der Waals surface area (Å²) in [5, 5.41) is 0.771. The van der Waals surface area contributed by atoms with Gasteiger partial charge < -0.3 is 9.64 Å². The highest BCUT2D eigenvalue weighted by Gasteiger charge is 2.22. The van der Waals surface area contributed by atoms with E-state index in [0.29, 0.717) is 28.8 Å². The minimum Gasteiger partial charge on any atom is -0.370 e. The highest BCUT2D eigenvalue weighted by molar-refractivity contribution is 6.36. The Bertz CT molecular complexity index is 490. The largest absolute Gasteiger partial charge is 0.370 e. The van der Waals surface area contributed by atoms with Gasteiger partial charge in [-0.15, -0.1) is 0 Å². The molecule has 1 saturated heterocycles. The van der Waals surface area contributed by atoms with Crippen LogP contribution in [-0.2, 0) is 9.53 Å². The van der Waals surface area contributed by atoms with Crippen molar-refractivity contribution in [3.8, 4) is 0 Å². The first-order valence-corrected chi connectivity index (χ1v) is 6.17. The zero-order valence-electron chi connectivity index (χ0n) is 9.49. The van der Waals surface area contributed by atoms with Crippen molar-refractivity contribution in [3.05, 3.63) is 33.8 Å². The summed E-state index contributed by atoms with van der Waals surface area (Å²) in [5.41, 5.74) is 0.375. The summed E-state index contributed by atoms with van der Waals surface area (Å²) in [6, 6.07) is 4.68. The van der Waals surface area contributed by atoms with Crippen molar-refractivity contribution in [3.63, 3.8) is 0 Å². The number of hydrogen-bond donors (Lipinski definition) is 0. The third-order valence-corrected chi connectivity index (χ3v) is 3.20. The second-order valence-corrected chi connectivity index (χ2v) is 4.76. The van der Waals surface area contributed by atoms with Gasteiger partial charge in [-0.2, -0.15) is 0 Å². The zero-order chi connectivity index (χ0) is 13.1. The Morgan fingerprint density at radius 2 is 2.17 bits per heavy atom. The van der Waals surface area contributed by atoms with E-state index in [2.05, 4.69) is 0 Å². The fraction of sp³-hybridized carbons (Fsp3) is 0.333. The van der Waals surface area contributed by atoms with Crippen LogP contribution in [0.1, 0.15) is 10.4 Å². The topological polar surface area (TPSA) is 46.6 Å². The van der Waals surface area contributed by atoms with Gasteiger partial charge in [0, 0.05) is 17.1 Å². The molecule has 0 aromatic heterocycles. The van der Waals surface area contributed by atoms with Gasteiger partial charge in [0.2, 0.25) is 5.91 Å². The summed E-state index contributed by atoms with van der Waals surface area (Å²) in [6.45, 7) is 0.925. The average Bonchev–Trinajstić information content (AvgIpc) is 2.32. The smallest absolute Gasteiger partial charge is 0.249 e. The van der Waals surface area contributed by atoms with Crippen molar-refractivity contribution < 1.29 is 14.3 Å². The van der Waals surface area contributed by atoms with Crippen molar-refractivity contribution in [1.82, 2.24) is 4.90 Å². The molecule has 1 amide bonds. The number of ether oxygens (including phenoxy) is 1. The Hall–Kier alpha value is -1.10. The lowest BCUT2D eigenvalue weighted by molar-refractivity contribution is -0.141. The molecular weight excluding hydrogens is 277 g/mol. The van der Waals surface area contributed by atoms with E-state index in [4.69, 9.17) is 27.9 Å². The van der Waals surface area contributed by atoms with Gasteiger partial charge in [-0.25, -0.2) is 0 Å². The standard InChI is InChI=1S/C12H11Cl2NO3/c13-8-1-2-9(10(14)5-8)11(16)6-15-3-4-18-7-12(15)17/h1-2,5H,3-4,6-7H2. The molecule has 96 valence electrons. The third kappa shape index (κ3) is 3.02. The summed E-state index contributed by atoms with van der Waals surface area (Å²) in [4.78, 5) is 25.0. The van der Waals surface area contributed by atoms with Gasteiger partial charge in [-0.05, 0) is 18.2 Å². The van der Waals surface area contributed by atoms with Gasteiger partial charge >= 0.3 is 0 Å². The minimum atomic E-state index is -0.202. The molecule has 0 unspecified atom stereocenters. The van der Waals surface area contributed by atoms with Crippen molar-refractivity contribution in [2.24, 2.45) is 0 Å². The van der Waals surface area contributed by atoms with E-state index < -0.39 is 0 Å². The Labute approximate surface area is 114 Å². The number of benzene rings is 1. The predicted molar refractivity (Wildman–Crippen MR) is 68.2 cm³/mol. The number of amides is 1. The zero-order valence-corrected chi connectivity index (χ0v) is 11.0. The molecule has 0 spiro atoms. The quantitative estimate of drug-likeness (QED) is 0.800. The van der Waals surface area contributed by atoms with E-state index >= 15 is 0 Å². The number of ketones is 1. The van der Waals surface area contributed by atoms with Gasteiger partial charge in [0.15, 0.2) is 5.78 Å². The van der Waals surface area contributed by atoms with E-state index in [1.54, 1.807) is 12.1 Å². The summed E-state index contributed by atoms with van der Waals surface area (Å²) < 4.78 is 4.99. The SMILES string of the molecule is O=C(CN1CCOCC1=O)c1ccc(Cl)cc1Cl. The number of halogens is 2. The molecule has 1 fully saturated rings. The maximum absolute atomic E-state index is 12.0. The van der Waals surface area contributed by atoms with Crippen LogP contribution in [0.3, 0.4) is 0 Å². The Morgan fingerprint density at radius 1 is 1.39 bits per heavy atom. The molecule has 0 radical (unpaired) electrons. The van der Waals surface area contributed by atoms with Gasteiger partial charge in [-0.3, -0.25) is 9.59 Å². The van der Waals surface area contributed by atoms with Crippen LogP contribution >= 0.6 is 23.2 Å². The molecule has 2 rings (SSSR count). The Morgan fingerprint density at radius 3 is 2.83 bits per heavy atom. The van der Waals surface area contributed by atoms with E-state index in [1.165, 1.54) is 11.0 Å². The molecule has 1 aromatic rings. The summed E-state index contributed by atoms with van der Waals surface area (Å²) in [5.74, 6) is -0.383. The normalized spacial score (nSPS) is 15.9. The molecule has 18 heavy (non-hydrogen) atoms. The van der Waals surface area contributed by atoms with Crippen LogP contribution in [0.25, 0.3) is 0 Å². The lowest BCUT2D eigenvalue weighted by Crippen LogP contribution is -2.44. The highest BCUT2D eigenvalue weighted by Crippen LogP contribution is 2.21. The summed E-state index contributed by atoms with van der Waals surface area (Å²) in [7, 11) is 0. The van der Waals surface area contributed by atoms with Crippen LogP contribution in [0.4, 0.5) is 0 Å². The molecule has 6 heteroatoms. The van der Waals surface area contributed by atoms with E-state index in [0.717, 1.165) is 0 Å². The lowest BCUT2D eigenvalue weighted by Gasteiger charge is -2.26. The molecular formula is C12H11Cl2NO3. The van der Waals surface area contributed by atoms with Gasteiger partial charge in [0.1, 0.15) is 6.61 Å². The van der Waals surface area contributed by atoms with Crippen molar-refractivity contribution >= 4 is 34.9 Å². The number of carbonyl (C=O) groups excluding carboxylic acids is 2. The molecule has 4 nitrogen and oxygen atoms in total. The first kappa shape index (κ1) is 13.3. The minimum absolute atomic E-state index is 0.0174. The van der Waals surface area contributed by atoms with E-state index in [9.17, 15) is 9.59 Å².